The van der Waals surface area contributed by atoms with Gasteiger partial charge in [0.1, 0.15) is 0 Å². The highest BCUT2D eigenvalue weighted by Crippen LogP contribution is 2.23. The number of hydrogen-bond acceptors (Lipinski definition) is 1. The first-order valence-electron chi connectivity index (χ1n) is 5.21. The Bertz CT molecular complexity index is 380. The van der Waals surface area contributed by atoms with Crippen LogP contribution in [-0.2, 0) is 0 Å². The van der Waals surface area contributed by atoms with Crippen LogP contribution in [0.15, 0.2) is 12.1 Å². The number of aryl methyl sites for hydroxylation is 2. The predicted molar refractivity (Wildman–Crippen MR) is 64.7 cm³/mol. The van der Waals surface area contributed by atoms with Gasteiger partial charge >= 0.3 is 0 Å². The van der Waals surface area contributed by atoms with Crippen LogP contribution in [0.5, 0.6) is 0 Å². The van der Waals surface area contributed by atoms with Gasteiger partial charge in [0.05, 0.1) is 5.02 Å². The molecular weight excluding hydrogens is 208 g/mol. The quantitative estimate of drug-likeness (QED) is 0.704. The highest BCUT2D eigenvalue weighted by molar-refractivity contribution is 6.34. The number of benzene rings is 1. The van der Waals surface area contributed by atoms with Crippen molar-refractivity contribution in [3.05, 3.63) is 33.8 Å². The van der Waals surface area contributed by atoms with E-state index < -0.39 is 0 Å². The maximum Gasteiger partial charge on any atom is 0.164 e. The molecule has 0 N–H and O–H groups in total. The van der Waals surface area contributed by atoms with Gasteiger partial charge in [-0.1, -0.05) is 25.4 Å². The van der Waals surface area contributed by atoms with Gasteiger partial charge in [0, 0.05) is 12.0 Å². The topological polar surface area (TPSA) is 17.1 Å². The summed E-state index contributed by atoms with van der Waals surface area (Å²) in [4.78, 5) is 11.9. The number of Topliss-reactive ketones (excluding diaryl/α,β-unsaturated/α-hetero) is 1. The molecule has 0 aliphatic heterocycles. The lowest BCUT2D eigenvalue weighted by Crippen LogP contribution is -2.05. The second-order valence-electron chi connectivity index (χ2n) is 4.44. The van der Waals surface area contributed by atoms with Crippen LogP contribution in [0.25, 0.3) is 0 Å². The Morgan fingerprint density at radius 3 is 2.33 bits per heavy atom. The summed E-state index contributed by atoms with van der Waals surface area (Å²) in [6.45, 7) is 8.06. The first kappa shape index (κ1) is 12.3. The van der Waals surface area contributed by atoms with Crippen LogP contribution in [0.2, 0.25) is 5.02 Å². The Hall–Kier alpha value is -0.820. The van der Waals surface area contributed by atoms with Gasteiger partial charge in [0.2, 0.25) is 0 Å². The fraction of sp³-hybridized carbons (Fsp3) is 0.462. The number of carbonyl (C=O) groups is 1. The Morgan fingerprint density at radius 2 is 1.80 bits per heavy atom. The van der Waals surface area contributed by atoms with E-state index in [9.17, 15) is 4.79 Å². The van der Waals surface area contributed by atoms with Gasteiger partial charge in [-0.15, -0.1) is 0 Å². The maximum atomic E-state index is 11.9. The highest BCUT2D eigenvalue weighted by Gasteiger charge is 2.13. The molecule has 15 heavy (non-hydrogen) atoms. The zero-order valence-electron chi connectivity index (χ0n) is 9.73. The minimum atomic E-state index is 0.137. The van der Waals surface area contributed by atoms with Gasteiger partial charge in [-0.3, -0.25) is 4.79 Å². The van der Waals surface area contributed by atoms with Crippen LogP contribution in [0.3, 0.4) is 0 Å². The van der Waals surface area contributed by atoms with Crippen molar-refractivity contribution in [2.45, 2.75) is 34.1 Å². The Kier molecular flexibility index (Phi) is 3.92. The number of hydrogen-bond donors (Lipinski definition) is 0. The molecule has 0 radical (unpaired) electrons. The molecule has 0 saturated carbocycles. The summed E-state index contributed by atoms with van der Waals surface area (Å²) >= 11 is 6.06. The molecule has 0 atom stereocenters. The third-order valence-corrected chi connectivity index (χ3v) is 2.79. The van der Waals surface area contributed by atoms with Crippen molar-refractivity contribution >= 4 is 17.4 Å². The normalized spacial score (nSPS) is 10.8. The van der Waals surface area contributed by atoms with E-state index in [2.05, 4.69) is 0 Å². The molecular formula is C13H17ClO. The number of halogens is 1. The molecule has 1 nitrogen and oxygen atoms in total. The van der Waals surface area contributed by atoms with Crippen LogP contribution in [0.1, 0.15) is 41.8 Å². The summed E-state index contributed by atoms with van der Waals surface area (Å²) in [5, 5.41) is 0.573. The van der Waals surface area contributed by atoms with E-state index >= 15 is 0 Å². The first-order valence-corrected chi connectivity index (χ1v) is 5.59. The molecule has 1 rings (SSSR count). The number of rotatable bonds is 3. The van der Waals surface area contributed by atoms with E-state index in [0.717, 1.165) is 11.1 Å². The lowest BCUT2D eigenvalue weighted by molar-refractivity contribution is 0.0968. The summed E-state index contributed by atoms with van der Waals surface area (Å²) in [6, 6.07) is 3.76. The van der Waals surface area contributed by atoms with Gasteiger partial charge in [-0.05, 0) is 43.0 Å². The summed E-state index contributed by atoms with van der Waals surface area (Å²) in [5.74, 6) is 0.508. The summed E-state index contributed by atoms with van der Waals surface area (Å²) < 4.78 is 0. The van der Waals surface area contributed by atoms with Gasteiger partial charge < -0.3 is 0 Å². The largest absolute Gasteiger partial charge is 0.294 e. The van der Waals surface area contributed by atoms with E-state index in [1.165, 1.54) is 0 Å². The van der Waals surface area contributed by atoms with Crippen LogP contribution >= 0.6 is 11.6 Å². The smallest absolute Gasteiger partial charge is 0.164 e. The molecule has 0 bridgehead atoms. The molecule has 1 aromatic rings. The number of carbonyl (C=O) groups excluding carboxylic acids is 1. The Morgan fingerprint density at radius 1 is 1.27 bits per heavy atom. The lowest BCUT2D eigenvalue weighted by atomic mass is 9.98. The highest BCUT2D eigenvalue weighted by atomic mass is 35.5. The molecule has 0 amide bonds. The van der Waals surface area contributed by atoms with Crippen molar-refractivity contribution in [2.24, 2.45) is 5.92 Å². The summed E-state index contributed by atoms with van der Waals surface area (Å²) in [5.41, 5.74) is 2.90. The Labute approximate surface area is 96.5 Å². The van der Waals surface area contributed by atoms with Crippen LogP contribution in [0.4, 0.5) is 0 Å². The fourth-order valence-electron chi connectivity index (χ4n) is 1.48. The van der Waals surface area contributed by atoms with Gasteiger partial charge in [0.15, 0.2) is 5.78 Å². The van der Waals surface area contributed by atoms with Crippen LogP contribution < -0.4 is 0 Å². The molecule has 0 aliphatic carbocycles. The summed E-state index contributed by atoms with van der Waals surface area (Å²) in [6.07, 6.45) is 0.558. The maximum absolute atomic E-state index is 11.9. The van der Waals surface area contributed by atoms with Crippen molar-refractivity contribution in [2.75, 3.05) is 0 Å². The molecule has 0 unspecified atom stereocenters. The van der Waals surface area contributed by atoms with E-state index in [0.29, 0.717) is 22.9 Å². The molecule has 0 spiro atoms. The average Bonchev–Trinajstić information content (AvgIpc) is 2.09. The van der Waals surface area contributed by atoms with Crippen molar-refractivity contribution in [1.29, 1.82) is 0 Å². The molecule has 2 heteroatoms. The minimum Gasteiger partial charge on any atom is -0.294 e. The molecule has 1 aromatic carbocycles. The lowest BCUT2D eigenvalue weighted by Gasteiger charge is -2.08. The standard InChI is InChI=1S/C13H17ClO/c1-8(2)5-13(15)11-6-9(3)10(4)7-12(11)14/h6-8H,5H2,1-4H3. The monoisotopic (exact) mass is 224 g/mol. The fourth-order valence-corrected chi connectivity index (χ4v) is 1.80. The van der Waals surface area contributed by atoms with E-state index in [1.807, 2.05) is 39.8 Å². The Balaban J connectivity index is 3.04. The second-order valence-corrected chi connectivity index (χ2v) is 4.84. The predicted octanol–water partition coefficient (Wildman–Crippen LogP) is 4.19. The molecule has 0 aliphatic rings. The molecule has 0 aromatic heterocycles. The van der Waals surface area contributed by atoms with Gasteiger partial charge in [-0.2, -0.15) is 0 Å². The molecule has 82 valence electrons. The number of ketones is 1. The zero-order valence-corrected chi connectivity index (χ0v) is 10.5. The third kappa shape index (κ3) is 3.07. The minimum absolute atomic E-state index is 0.137. The van der Waals surface area contributed by atoms with E-state index in [-0.39, 0.29) is 5.78 Å². The zero-order chi connectivity index (χ0) is 11.6. The van der Waals surface area contributed by atoms with Crippen molar-refractivity contribution in [3.63, 3.8) is 0 Å². The molecule has 0 fully saturated rings. The average molecular weight is 225 g/mol. The van der Waals surface area contributed by atoms with Gasteiger partial charge in [-0.25, -0.2) is 0 Å². The van der Waals surface area contributed by atoms with Crippen molar-refractivity contribution in [1.82, 2.24) is 0 Å². The SMILES string of the molecule is Cc1cc(Cl)c(C(=O)CC(C)C)cc1C. The second kappa shape index (κ2) is 4.80. The van der Waals surface area contributed by atoms with Gasteiger partial charge in [0.25, 0.3) is 0 Å². The van der Waals surface area contributed by atoms with E-state index in [4.69, 9.17) is 11.6 Å². The van der Waals surface area contributed by atoms with E-state index in [1.54, 1.807) is 0 Å². The third-order valence-electron chi connectivity index (χ3n) is 2.48. The van der Waals surface area contributed by atoms with Crippen LogP contribution in [-0.4, -0.2) is 5.78 Å². The van der Waals surface area contributed by atoms with Crippen LogP contribution in [0, 0.1) is 19.8 Å². The van der Waals surface area contributed by atoms with Crippen molar-refractivity contribution in [3.8, 4) is 0 Å². The van der Waals surface area contributed by atoms with Crippen molar-refractivity contribution < 1.29 is 4.79 Å². The summed E-state index contributed by atoms with van der Waals surface area (Å²) in [7, 11) is 0. The molecule has 0 saturated heterocycles. The first-order chi connectivity index (χ1) is 6.91. The molecule has 0 heterocycles.